The summed E-state index contributed by atoms with van der Waals surface area (Å²) in [6.45, 7) is 3.94. The van der Waals surface area contributed by atoms with Crippen LogP contribution >= 0.6 is 24.0 Å². The van der Waals surface area contributed by atoms with Gasteiger partial charge in [0.1, 0.15) is 12.4 Å². The van der Waals surface area contributed by atoms with Gasteiger partial charge < -0.3 is 20.3 Å². The average Bonchev–Trinajstić information content (AvgIpc) is 2.70. The van der Waals surface area contributed by atoms with Crippen LogP contribution in [0.2, 0.25) is 0 Å². The van der Waals surface area contributed by atoms with Crippen molar-refractivity contribution in [2.24, 2.45) is 4.99 Å². The number of benzene rings is 2. The summed E-state index contributed by atoms with van der Waals surface area (Å²) in [6.07, 6.45) is 1.39. The van der Waals surface area contributed by atoms with Crippen LogP contribution in [-0.2, 0) is 11.3 Å². The molecule has 29 heavy (non-hydrogen) atoms. The molecule has 158 valence electrons. The largest absolute Gasteiger partial charge is 0.492 e. The van der Waals surface area contributed by atoms with Crippen molar-refractivity contribution < 1.29 is 9.53 Å². The third-order valence-electron chi connectivity index (χ3n) is 4.18. The van der Waals surface area contributed by atoms with Crippen LogP contribution in [0, 0.1) is 0 Å². The van der Waals surface area contributed by atoms with Gasteiger partial charge in [-0.2, -0.15) is 0 Å². The van der Waals surface area contributed by atoms with E-state index in [1.54, 1.807) is 7.05 Å². The van der Waals surface area contributed by atoms with Gasteiger partial charge >= 0.3 is 0 Å². The lowest BCUT2D eigenvalue weighted by Gasteiger charge is -2.22. The highest BCUT2D eigenvalue weighted by Crippen LogP contribution is 2.11. The zero-order chi connectivity index (χ0) is 20.2. The number of carbonyl (C=O) groups excluding carboxylic acids is 1. The summed E-state index contributed by atoms with van der Waals surface area (Å²) in [5, 5.41) is 6.24. The van der Waals surface area contributed by atoms with Crippen molar-refractivity contribution in [3.05, 3.63) is 60.2 Å². The normalized spacial score (nSPS) is 10.7. The van der Waals surface area contributed by atoms with Crippen molar-refractivity contribution in [2.45, 2.75) is 26.3 Å². The van der Waals surface area contributed by atoms with Crippen LogP contribution in [0.1, 0.15) is 25.3 Å². The van der Waals surface area contributed by atoms with E-state index in [-0.39, 0.29) is 29.9 Å². The van der Waals surface area contributed by atoms with E-state index in [1.165, 1.54) is 0 Å². The Balaban J connectivity index is 0.00000420. The molecule has 0 aliphatic carbocycles. The van der Waals surface area contributed by atoms with Gasteiger partial charge in [0.15, 0.2) is 5.96 Å². The Bertz CT molecular complexity index is 751. The van der Waals surface area contributed by atoms with Gasteiger partial charge in [-0.05, 0) is 36.2 Å². The number of hydrogen-bond acceptors (Lipinski definition) is 3. The third kappa shape index (κ3) is 9.17. The number of aliphatic imine (C=N–C) groups is 1. The van der Waals surface area contributed by atoms with E-state index < -0.39 is 0 Å². The van der Waals surface area contributed by atoms with Crippen molar-refractivity contribution in [3.8, 4) is 5.75 Å². The van der Waals surface area contributed by atoms with Crippen molar-refractivity contribution in [2.75, 3.05) is 32.6 Å². The molecule has 0 saturated heterocycles. The number of carbonyl (C=O) groups is 1. The lowest BCUT2D eigenvalue weighted by Crippen LogP contribution is -2.40. The average molecular weight is 510 g/mol. The molecule has 6 nitrogen and oxygen atoms in total. The number of likely N-dealkylation sites (N-methyl/N-ethyl adjacent to an activating group) is 1. The van der Waals surface area contributed by atoms with Crippen LogP contribution in [-0.4, -0.2) is 44.0 Å². The van der Waals surface area contributed by atoms with E-state index in [1.807, 2.05) is 73.5 Å². The summed E-state index contributed by atoms with van der Waals surface area (Å²) in [5.41, 5.74) is 1.94. The van der Waals surface area contributed by atoms with Gasteiger partial charge in [-0.25, -0.2) is 0 Å². The van der Waals surface area contributed by atoms with Crippen LogP contribution in [0.3, 0.4) is 0 Å². The lowest BCUT2D eigenvalue weighted by atomic mass is 10.2. The number of guanidine groups is 1. The predicted molar refractivity (Wildman–Crippen MR) is 130 cm³/mol. The zero-order valence-corrected chi connectivity index (χ0v) is 19.7. The monoisotopic (exact) mass is 510 g/mol. The summed E-state index contributed by atoms with van der Waals surface area (Å²) >= 11 is 0. The molecular weight excluding hydrogens is 479 g/mol. The smallest absolute Gasteiger partial charge is 0.224 e. The van der Waals surface area contributed by atoms with E-state index in [0.717, 1.165) is 35.9 Å². The number of hydrogen-bond donors (Lipinski definition) is 2. The van der Waals surface area contributed by atoms with Crippen molar-refractivity contribution >= 4 is 41.5 Å². The van der Waals surface area contributed by atoms with Crippen LogP contribution in [0.5, 0.6) is 5.75 Å². The highest BCUT2D eigenvalue weighted by atomic mass is 127. The molecule has 0 radical (unpaired) electrons. The van der Waals surface area contributed by atoms with Crippen molar-refractivity contribution in [3.63, 3.8) is 0 Å². The van der Waals surface area contributed by atoms with Gasteiger partial charge in [0.2, 0.25) is 5.91 Å². The molecule has 0 heterocycles. The van der Waals surface area contributed by atoms with Crippen LogP contribution in [0.15, 0.2) is 59.6 Å². The molecule has 0 saturated carbocycles. The maximum atomic E-state index is 11.6. The lowest BCUT2D eigenvalue weighted by molar-refractivity contribution is -0.116. The highest BCUT2D eigenvalue weighted by Gasteiger charge is 2.06. The summed E-state index contributed by atoms with van der Waals surface area (Å²) < 4.78 is 5.74. The molecule has 2 aromatic rings. The fraction of sp³-hybridized carbons (Fsp3) is 0.364. The standard InChI is InChI=1S/C22H30N4O2.HI/c1-4-8-21(27)25-19-13-11-18(12-14-19)17-24-22(23-2)26(3)15-16-28-20-9-6-5-7-10-20;/h5-7,9-14H,4,8,15-17H2,1-3H3,(H,23,24)(H,25,27);1H. The molecule has 0 atom stereocenters. The fourth-order valence-electron chi connectivity index (χ4n) is 2.65. The number of para-hydroxylation sites is 1. The number of ether oxygens (including phenoxy) is 1. The number of rotatable bonds is 9. The zero-order valence-electron chi connectivity index (χ0n) is 17.4. The van der Waals surface area contributed by atoms with E-state index in [0.29, 0.717) is 19.6 Å². The van der Waals surface area contributed by atoms with Gasteiger partial charge in [-0.1, -0.05) is 37.3 Å². The van der Waals surface area contributed by atoms with Crippen molar-refractivity contribution in [1.29, 1.82) is 0 Å². The van der Waals surface area contributed by atoms with Crippen LogP contribution in [0.4, 0.5) is 5.69 Å². The SMILES string of the molecule is CCCC(=O)Nc1ccc(CNC(=NC)N(C)CCOc2ccccc2)cc1.I. The number of amides is 1. The molecule has 0 aliphatic heterocycles. The second kappa shape index (κ2) is 13.8. The Kier molecular flexibility index (Phi) is 11.8. The third-order valence-corrected chi connectivity index (χ3v) is 4.18. The number of nitrogens with one attached hydrogen (secondary N) is 2. The summed E-state index contributed by atoms with van der Waals surface area (Å²) in [4.78, 5) is 18.0. The van der Waals surface area contributed by atoms with E-state index >= 15 is 0 Å². The van der Waals surface area contributed by atoms with Crippen molar-refractivity contribution in [1.82, 2.24) is 10.2 Å². The Morgan fingerprint density at radius 1 is 1.10 bits per heavy atom. The first-order valence-electron chi connectivity index (χ1n) is 9.60. The minimum absolute atomic E-state index is 0. The molecule has 2 N–H and O–H groups in total. The highest BCUT2D eigenvalue weighted by molar-refractivity contribution is 14.0. The Labute approximate surface area is 190 Å². The maximum absolute atomic E-state index is 11.6. The first kappa shape index (κ1) is 24.7. The predicted octanol–water partition coefficient (Wildman–Crippen LogP) is 4.13. The molecule has 2 aromatic carbocycles. The molecule has 2 rings (SSSR count). The topological polar surface area (TPSA) is 66.0 Å². The summed E-state index contributed by atoms with van der Waals surface area (Å²) in [6, 6.07) is 17.6. The Morgan fingerprint density at radius 3 is 2.41 bits per heavy atom. The van der Waals surface area contributed by atoms with E-state index in [9.17, 15) is 4.79 Å². The fourth-order valence-corrected chi connectivity index (χ4v) is 2.65. The van der Waals surface area contributed by atoms with Gasteiger partial charge in [0.05, 0.1) is 6.54 Å². The quantitative estimate of drug-likeness (QED) is 0.303. The molecule has 7 heteroatoms. The number of anilines is 1. The minimum atomic E-state index is 0. The molecule has 0 bridgehead atoms. The van der Waals surface area contributed by atoms with Crippen LogP contribution < -0.4 is 15.4 Å². The van der Waals surface area contributed by atoms with Gasteiger partial charge in [0, 0.05) is 32.7 Å². The number of halogens is 1. The molecular formula is C22H31IN4O2. The Hall–Kier alpha value is -2.29. The molecule has 0 aliphatic rings. The van der Waals surface area contributed by atoms with Gasteiger partial charge in [-0.15, -0.1) is 24.0 Å². The second-order valence-corrected chi connectivity index (χ2v) is 6.48. The molecule has 0 aromatic heterocycles. The Morgan fingerprint density at radius 2 is 1.79 bits per heavy atom. The maximum Gasteiger partial charge on any atom is 0.224 e. The first-order chi connectivity index (χ1) is 13.6. The summed E-state index contributed by atoms with van der Waals surface area (Å²) in [5.74, 6) is 1.72. The van der Waals surface area contributed by atoms with E-state index in [2.05, 4.69) is 15.6 Å². The molecule has 0 spiro atoms. The molecule has 0 unspecified atom stereocenters. The molecule has 1 amide bonds. The van der Waals surface area contributed by atoms with Crippen LogP contribution in [0.25, 0.3) is 0 Å². The first-order valence-corrected chi connectivity index (χ1v) is 9.60. The number of nitrogens with zero attached hydrogens (tertiary/aromatic N) is 2. The van der Waals surface area contributed by atoms with Gasteiger partial charge in [-0.3, -0.25) is 9.79 Å². The minimum Gasteiger partial charge on any atom is -0.492 e. The van der Waals surface area contributed by atoms with Gasteiger partial charge in [0.25, 0.3) is 0 Å². The molecule has 0 fully saturated rings. The van der Waals surface area contributed by atoms with E-state index in [4.69, 9.17) is 4.74 Å². The summed E-state index contributed by atoms with van der Waals surface area (Å²) in [7, 11) is 3.75. The second-order valence-electron chi connectivity index (χ2n) is 6.48.